The van der Waals surface area contributed by atoms with Gasteiger partial charge < -0.3 is 15.1 Å². The van der Waals surface area contributed by atoms with Gasteiger partial charge in [-0.25, -0.2) is 0 Å². The molecule has 1 saturated carbocycles. The van der Waals surface area contributed by atoms with Crippen molar-refractivity contribution in [3.05, 3.63) is 70.8 Å². The zero-order chi connectivity index (χ0) is 22.9. The van der Waals surface area contributed by atoms with E-state index in [1.165, 1.54) is 11.1 Å². The number of hydrogen-bond acceptors (Lipinski definition) is 4. The van der Waals surface area contributed by atoms with Crippen LogP contribution < -0.4 is 5.32 Å². The number of amides is 3. The predicted octanol–water partition coefficient (Wildman–Crippen LogP) is 2.11. The number of carbonyl (C=O) groups excluding carboxylic acids is 3. The van der Waals surface area contributed by atoms with Crippen molar-refractivity contribution in [2.75, 3.05) is 32.7 Å². The van der Waals surface area contributed by atoms with Crippen molar-refractivity contribution in [2.24, 2.45) is 0 Å². The van der Waals surface area contributed by atoms with Crippen LogP contribution in [0.5, 0.6) is 0 Å². The highest BCUT2D eigenvalue weighted by Crippen LogP contribution is 2.41. The van der Waals surface area contributed by atoms with E-state index in [-0.39, 0.29) is 30.3 Å². The van der Waals surface area contributed by atoms with Gasteiger partial charge in [-0.3, -0.25) is 19.3 Å². The van der Waals surface area contributed by atoms with Gasteiger partial charge in [-0.2, -0.15) is 0 Å². The van der Waals surface area contributed by atoms with Gasteiger partial charge in [0.2, 0.25) is 11.8 Å². The van der Waals surface area contributed by atoms with Gasteiger partial charge >= 0.3 is 0 Å². The van der Waals surface area contributed by atoms with Gasteiger partial charge in [0.15, 0.2) is 0 Å². The Labute approximate surface area is 194 Å². The lowest BCUT2D eigenvalue weighted by molar-refractivity contribution is -0.135. The first-order valence-corrected chi connectivity index (χ1v) is 11.8. The molecule has 33 heavy (non-hydrogen) atoms. The maximum absolute atomic E-state index is 13.1. The lowest BCUT2D eigenvalue weighted by Crippen LogP contribution is -2.51. The Bertz CT molecular complexity index is 1070. The molecule has 2 aromatic carbocycles. The molecule has 172 valence electrons. The van der Waals surface area contributed by atoms with E-state index >= 15 is 0 Å². The van der Waals surface area contributed by atoms with Gasteiger partial charge in [0.25, 0.3) is 5.91 Å². The third-order valence-electron chi connectivity index (χ3n) is 6.98. The van der Waals surface area contributed by atoms with Crippen LogP contribution in [0.15, 0.2) is 48.5 Å². The van der Waals surface area contributed by atoms with Crippen LogP contribution in [0.4, 0.5) is 0 Å². The second-order valence-electron chi connectivity index (χ2n) is 9.23. The minimum absolute atomic E-state index is 0.0397. The molecule has 7 nitrogen and oxygen atoms in total. The van der Waals surface area contributed by atoms with E-state index in [0.29, 0.717) is 18.7 Å². The Morgan fingerprint density at radius 2 is 1.67 bits per heavy atom. The Balaban J connectivity index is 1.15. The van der Waals surface area contributed by atoms with Crippen LogP contribution in [0.2, 0.25) is 0 Å². The van der Waals surface area contributed by atoms with Crippen molar-refractivity contribution in [3.63, 3.8) is 0 Å². The first-order valence-electron chi connectivity index (χ1n) is 11.8. The van der Waals surface area contributed by atoms with E-state index in [9.17, 15) is 14.4 Å². The highest BCUT2D eigenvalue weighted by Gasteiger charge is 2.47. The zero-order valence-electron chi connectivity index (χ0n) is 19.0. The lowest BCUT2D eigenvalue weighted by atomic mass is 10.0. The summed E-state index contributed by atoms with van der Waals surface area (Å²) in [4.78, 5) is 44.6. The predicted molar refractivity (Wildman–Crippen MR) is 124 cm³/mol. The third-order valence-corrected chi connectivity index (χ3v) is 6.98. The Hall–Kier alpha value is -3.19. The molecule has 0 spiro atoms. The summed E-state index contributed by atoms with van der Waals surface area (Å²) in [7, 11) is 0. The van der Waals surface area contributed by atoms with Crippen molar-refractivity contribution >= 4 is 17.7 Å². The lowest BCUT2D eigenvalue weighted by Gasteiger charge is -2.35. The summed E-state index contributed by atoms with van der Waals surface area (Å²) < 4.78 is 0. The van der Waals surface area contributed by atoms with Gasteiger partial charge in [0, 0.05) is 44.3 Å². The first-order chi connectivity index (χ1) is 16.0. The van der Waals surface area contributed by atoms with E-state index in [2.05, 4.69) is 35.3 Å². The van der Waals surface area contributed by atoms with Crippen LogP contribution in [-0.4, -0.2) is 71.2 Å². The SMILES string of the molecule is Cc1ccccc1CN1CCN(C(=O)CNC(=O)C2c3ccccc3C(=O)N2C2CC2)CC1. The number of aryl methyl sites for hydroxylation is 1. The Kier molecular flexibility index (Phi) is 5.89. The fourth-order valence-electron chi connectivity index (χ4n) is 4.89. The van der Waals surface area contributed by atoms with Crippen LogP contribution in [0.3, 0.4) is 0 Å². The number of fused-ring (bicyclic) bond motifs is 1. The van der Waals surface area contributed by atoms with E-state index < -0.39 is 6.04 Å². The summed E-state index contributed by atoms with van der Waals surface area (Å²) >= 11 is 0. The number of nitrogens with one attached hydrogen (secondary N) is 1. The van der Waals surface area contributed by atoms with Crippen LogP contribution in [0.25, 0.3) is 0 Å². The monoisotopic (exact) mass is 446 g/mol. The van der Waals surface area contributed by atoms with Crippen molar-refractivity contribution < 1.29 is 14.4 Å². The molecule has 2 aliphatic heterocycles. The number of carbonyl (C=O) groups is 3. The third kappa shape index (κ3) is 4.37. The van der Waals surface area contributed by atoms with E-state index in [1.807, 2.05) is 29.2 Å². The van der Waals surface area contributed by atoms with Crippen LogP contribution in [0, 0.1) is 6.92 Å². The summed E-state index contributed by atoms with van der Waals surface area (Å²) in [6.45, 7) is 5.90. The molecule has 1 saturated heterocycles. The molecule has 0 radical (unpaired) electrons. The van der Waals surface area contributed by atoms with Crippen molar-refractivity contribution in [3.8, 4) is 0 Å². The van der Waals surface area contributed by atoms with Gasteiger partial charge in [-0.15, -0.1) is 0 Å². The molecule has 1 aliphatic carbocycles. The van der Waals surface area contributed by atoms with E-state index in [4.69, 9.17) is 0 Å². The summed E-state index contributed by atoms with van der Waals surface area (Å²) in [5, 5.41) is 2.82. The zero-order valence-corrected chi connectivity index (χ0v) is 19.0. The van der Waals surface area contributed by atoms with E-state index in [0.717, 1.165) is 38.0 Å². The van der Waals surface area contributed by atoms with Gasteiger partial charge in [0.1, 0.15) is 6.04 Å². The highest BCUT2D eigenvalue weighted by atomic mass is 16.2. The molecule has 2 aromatic rings. The minimum Gasteiger partial charge on any atom is -0.345 e. The quantitative estimate of drug-likeness (QED) is 0.738. The van der Waals surface area contributed by atoms with Crippen LogP contribution in [0.1, 0.15) is 45.9 Å². The fourth-order valence-corrected chi connectivity index (χ4v) is 4.89. The fraction of sp³-hybridized carbons (Fsp3) is 0.423. The molecule has 7 heteroatoms. The largest absolute Gasteiger partial charge is 0.345 e. The molecule has 3 amide bonds. The molecule has 1 N–H and O–H groups in total. The van der Waals surface area contributed by atoms with Gasteiger partial charge in [0.05, 0.1) is 6.54 Å². The molecule has 1 atom stereocenters. The average molecular weight is 447 g/mol. The van der Waals surface area contributed by atoms with Gasteiger partial charge in [-0.1, -0.05) is 42.5 Å². The summed E-state index contributed by atoms with van der Waals surface area (Å²) in [5.41, 5.74) is 3.94. The second-order valence-corrected chi connectivity index (χ2v) is 9.23. The summed E-state index contributed by atoms with van der Waals surface area (Å²) in [6, 6.07) is 15.2. The average Bonchev–Trinajstić information content (AvgIpc) is 3.63. The van der Waals surface area contributed by atoms with Crippen LogP contribution in [-0.2, 0) is 16.1 Å². The topological polar surface area (TPSA) is 73.0 Å². The maximum Gasteiger partial charge on any atom is 0.255 e. The Morgan fingerprint density at radius 1 is 0.970 bits per heavy atom. The number of piperazine rings is 1. The smallest absolute Gasteiger partial charge is 0.255 e. The standard InChI is InChI=1S/C26H30N4O3/c1-18-6-2-3-7-19(18)17-28-12-14-29(15-13-28)23(31)16-27-25(32)24-21-8-4-5-9-22(21)26(33)30(24)20-10-11-20/h2-9,20,24H,10-17H2,1H3,(H,27,32). The first kappa shape index (κ1) is 21.6. The number of hydrogen-bond donors (Lipinski definition) is 1. The molecule has 2 heterocycles. The van der Waals surface area contributed by atoms with Crippen molar-refractivity contribution in [1.82, 2.24) is 20.0 Å². The molecule has 1 unspecified atom stereocenters. The summed E-state index contributed by atoms with van der Waals surface area (Å²) in [6.07, 6.45) is 1.85. The molecule has 2 fully saturated rings. The molecule has 0 bridgehead atoms. The molecular formula is C26H30N4O3. The Morgan fingerprint density at radius 3 is 2.39 bits per heavy atom. The second kappa shape index (κ2) is 8.98. The van der Waals surface area contributed by atoms with Gasteiger partial charge in [-0.05, 0) is 42.5 Å². The maximum atomic E-state index is 13.1. The van der Waals surface area contributed by atoms with Crippen LogP contribution >= 0.6 is 0 Å². The molecular weight excluding hydrogens is 416 g/mol. The number of benzene rings is 2. The summed E-state index contributed by atoms with van der Waals surface area (Å²) in [5.74, 6) is -0.425. The molecule has 5 rings (SSSR count). The van der Waals surface area contributed by atoms with E-state index in [1.54, 1.807) is 11.0 Å². The molecule has 3 aliphatic rings. The highest BCUT2D eigenvalue weighted by molar-refractivity contribution is 6.05. The van der Waals surface area contributed by atoms with Crippen molar-refractivity contribution in [1.29, 1.82) is 0 Å². The number of nitrogens with zero attached hydrogens (tertiary/aromatic N) is 3. The minimum atomic E-state index is -0.639. The number of rotatable bonds is 6. The normalized spacial score (nSPS) is 20.6. The van der Waals surface area contributed by atoms with Crippen molar-refractivity contribution in [2.45, 2.75) is 38.4 Å². The molecule has 0 aromatic heterocycles.